The van der Waals surface area contributed by atoms with Crippen LogP contribution in [-0.4, -0.2) is 58.4 Å². The first-order valence-electron chi connectivity index (χ1n) is 13.4. The Labute approximate surface area is 233 Å². The number of primary amides is 1. The number of amides is 3. The number of rotatable bonds is 8. The zero-order valence-electron chi connectivity index (χ0n) is 23.3. The Kier molecular flexibility index (Phi) is 8.79. The van der Waals surface area contributed by atoms with Gasteiger partial charge in [-0.15, -0.1) is 0 Å². The number of nitrogens with zero attached hydrogens (tertiary/aromatic N) is 4. The summed E-state index contributed by atoms with van der Waals surface area (Å²) >= 11 is 0. The Hall–Kier alpha value is -3.90. The number of carbonyl (C=O) groups is 3. The minimum atomic E-state index is -1.25. The smallest absolute Gasteiger partial charge is 0.313 e. The normalized spacial score (nSPS) is 17.6. The predicted octanol–water partition coefficient (Wildman–Crippen LogP) is 3.14. The Morgan fingerprint density at radius 1 is 1.12 bits per heavy atom. The van der Waals surface area contributed by atoms with Crippen LogP contribution in [0, 0.1) is 5.92 Å². The molecule has 2 unspecified atom stereocenters. The summed E-state index contributed by atoms with van der Waals surface area (Å²) in [5.41, 5.74) is 7.33. The van der Waals surface area contributed by atoms with Crippen LogP contribution in [0.5, 0.6) is 0 Å². The van der Waals surface area contributed by atoms with Crippen molar-refractivity contribution in [3.05, 3.63) is 64.3 Å². The van der Waals surface area contributed by atoms with Gasteiger partial charge in [-0.05, 0) is 49.1 Å². The van der Waals surface area contributed by atoms with Crippen LogP contribution < -0.4 is 16.6 Å². The van der Waals surface area contributed by atoms with E-state index in [2.05, 4.69) is 29.9 Å². The van der Waals surface area contributed by atoms with Crippen LogP contribution in [0.4, 0.5) is 5.69 Å². The molecule has 0 aliphatic carbocycles. The van der Waals surface area contributed by atoms with Gasteiger partial charge in [0.25, 0.3) is 5.56 Å². The molecule has 0 bridgehead atoms. The summed E-state index contributed by atoms with van der Waals surface area (Å²) in [4.78, 5) is 60.6. The topological polar surface area (TPSA) is 150 Å². The molecule has 1 fully saturated rings. The van der Waals surface area contributed by atoms with Crippen molar-refractivity contribution in [2.24, 2.45) is 11.7 Å². The number of pyridine rings is 3. The molecule has 3 aromatic rings. The molecule has 4 rings (SSSR count). The molecule has 40 heavy (non-hydrogen) atoms. The highest BCUT2D eigenvalue weighted by molar-refractivity contribution is 6.76. The molecule has 11 nitrogen and oxygen atoms in total. The number of likely N-dealkylation sites (tertiary alicyclic amines) is 1. The second kappa shape index (κ2) is 12.1. The first-order chi connectivity index (χ1) is 18.9. The summed E-state index contributed by atoms with van der Waals surface area (Å²) in [6.45, 7) is 9.96. The van der Waals surface area contributed by atoms with Crippen molar-refractivity contribution in [3.63, 3.8) is 0 Å². The van der Waals surface area contributed by atoms with E-state index in [1.165, 1.54) is 24.5 Å². The van der Waals surface area contributed by atoms with Crippen LogP contribution in [0.15, 0.2) is 47.5 Å². The number of nitrogens with two attached hydrogens (primary N) is 1. The van der Waals surface area contributed by atoms with E-state index in [-0.39, 0.29) is 29.5 Å². The third kappa shape index (κ3) is 6.99. The Morgan fingerprint density at radius 2 is 1.90 bits per heavy atom. The van der Waals surface area contributed by atoms with Crippen molar-refractivity contribution in [1.82, 2.24) is 19.4 Å². The van der Waals surface area contributed by atoms with Gasteiger partial charge in [-0.3, -0.25) is 28.7 Å². The third-order valence-electron chi connectivity index (χ3n) is 6.98. The van der Waals surface area contributed by atoms with Gasteiger partial charge >= 0.3 is 11.8 Å². The van der Waals surface area contributed by atoms with E-state index in [1.54, 1.807) is 21.6 Å². The van der Waals surface area contributed by atoms with E-state index in [4.69, 9.17) is 15.5 Å². The Morgan fingerprint density at radius 3 is 2.62 bits per heavy atom. The minimum Gasteiger partial charge on any atom is -0.366 e. The Balaban J connectivity index is 1.55. The lowest BCUT2D eigenvalue weighted by molar-refractivity contribution is -0.146. The fraction of sp³-hybridized carbons (Fsp3) is 0.429. The molecular weight excluding hydrogens is 528 g/mol. The van der Waals surface area contributed by atoms with Gasteiger partial charge in [0.05, 0.1) is 40.2 Å². The monoisotopic (exact) mass is 564 g/mol. The van der Waals surface area contributed by atoms with Crippen LogP contribution >= 0.6 is 0 Å². The van der Waals surface area contributed by atoms with E-state index in [0.29, 0.717) is 36.3 Å². The van der Waals surface area contributed by atoms with E-state index < -0.39 is 31.8 Å². The van der Waals surface area contributed by atoms with Crippen molar-refractivity contribution in [3.8, 4) is 0 Å². The molecule has 0 saturated carbocycles. The van der Waals surface area contributed by atoms with Crippen LogP contribution in [0.1, 0.15) is 41.9 Å². The van der Waals surface area contributed by atoms with Crippen molar-refractivity contribution >= 4 is 42.5 Å². The van der Waals surface area contributed by atoms with E-state index in [9.17, 15) is 19.2 Å². The number of ether oxygens (including phenoxy) is 1. The van der Waals surface area contributed by atoms with Gasteiger partial charge in [0.1, 0.15) is 6.73 Å². The lowest BCUT2D eigenvalue weighted by atomic mass is 9.92. The van der Waals surface area contributed by atoms with E-state index in [1.807, 2.05) is 13.0 Å². The fourth-order valence-corrected chi connectivity index (χ4v) is 5.45. The number of aromatic nitrogens is 3. The summed E-state index contributed by atoms with van der Waals surface area (Å²) in [6.07, 6.45) is 4.13. The SMILES string of the molecule is CC1CCC(c2ccc3c(ccc(=O)n3COCC[Si](C)(C)C)n2)N(C(=O)C(=O)Nc2cncc(C(N)=O)c2)C1. The average Bonchev–Trinajstić information content (AvgIpc) is 2.90. The number of piperidine rings is 1. The van der Waals surface area contributed by atoms with Gasteiger partial charge in [0.15, 0.2) is 0 Å². The van der Waals surface area contributed by atoms with Gasteiger partial charge in [0, 0.05) is 33.5 Å². The zero-order chi connectivity index (χ0) is 29.0. The number of nitrogens with one attached hydrogen (secondary N) is 1. The molecule has 3 aromatic heterocycles. The number of carbonyl (C=O) groups excluding carboxylic acids is 3. The third-order valence-corrected chi connectivity index (χ3v) is 8.68. The van der Waals surface area contributed by atoms with Gasteiger partial charge in [-0.1, -0.05) is 26.6 Å². The minimum absolute atomic E-state index is 0.120. The maximum Gasteiger partial charge on any atom is 0.313 e. The zero-order valence-corrected chi connectivity index (χ0v) is 24.3. The second-order valence-electron chi connectivity index (χ2n) is 11.5. The molecule has 212 valence electrons. The van der Waals surface area contributed by atoms with Crippen LogP contribution in [0.25, 0.3) is 11.0 Å². The molecule has 1 aliphatic heterocycles. The molecule has 4 heterocycles. The fourth-order valence-electron chi connectivity index (χ4n) is 4.69. The van der Waals surface area contributed by atoms with Gasteiger partial charge < -0.3 is 20.7 Å². The number of anilines is 1. The molecule has 0 spiro atoms. The maximum absolute atomic E-state index is 13.3. The van der Waals surface area contributed by atoms with Crippen molar-refractivity contribution < 1.29 is 19.1 Å². The summed E-state index contributed by atoms with van der Waals surface area (Å²) in [5.74, 6) is -2.03. The molecule has 1 saturated heterocycles. The second-order valence-corrected chi connectivity index (χ2v) is 17.1. The first-order valence-corrected chi connectivity index (χ1v) is 17.1. The molecular formula is C28H36N6O5Si. The quantitative estimate of drug-likeness (QED) is 0.242. The molecule has 2 atom stereocenters. The molecule has 3 amide bonds. The molecule has 12 heteroatoms. The predicted molar refractivity (Wildman–Crippen MR) is 154 cm³/mol. The number of fused-ring (bicyclic) bond motifs is 1. The molecule has 0 radical (unpaired) electrons. The lowest BCUT2D eigenvalue weighted by Crippen LogP contribution is -2.46. The van der Waals surface area contributed by atoms with Gasteiger partial charge in [-0.2, -0.15) is 0 Å². The average molecular weight is 565 g/mol. The summed E-state index contributed by atoms with van der Waals surface area (Å²) in [5, 5.41) is 2.53. The van der Waals surface area contributed by atoms with Crippen molar-refractivity contribution in [1.29, 1.82) is 0 Å². The molecule has 1 aliphatic rings. The number of hydrogen-bond acceptors (Lipinski definition) is 7. The summed E-state index contributed by atoms with van der Waals surface area (Å²) in [7, 11) is -1.25. The Bertz CT molecular complexity index is 1480. The van der Waals surface area contributed by atoms with E-state index in [0.717, 1.165) is 12.5 Å². The number of hydrogen-bond donors (Lipinski definition) is 2. The lowest BCUT2D eigenvalue weighted by Gasteiger charge is -2.38. The van der Waals surface area contributed by atoms with Crippen molar-refractivity contribution in [2.45, 2.75) is 58.2 Å². The van der Waals surface area contributed by atoms with Crippen molar-refractivity contribution in [2.75, 3.05) is 18.5 Å². The molecule has 0 aromatic carbocycles. The van der Waals surface area contributed by atoms with Gasteiger partial charge in [0.2, 0.25) is 5.91 Å². The van der Waals surface area contributed by atoms with Crippen LogP contribution in [0.2, 0.25) is 25.7 Å². The summed E-state index contributed by atoms with van der Waals surface area (Å²) < 4.78 is 7.39. The van der Waals surface area contributed by atoms with Crippen LogP contribution in [-0.2, 0) is 21.1 Å². The largest absolute Gasteiger partial charge is 0.366 e. The van der Waals surface area contributed by atoms with E-state index >= 15 is 0 Å². The highest BCUT2D eigenvalue weighted by atomic mass is 28.3. The first kappa shape index (κ1) is 29.1. The van der Waals surface area contributed by atoms with Crippen LogP contribution in [0.3, 0.4) is 0 Å². The highest BCUT2D eigenvalue weighted by Crippen LogP contribution is 2.33. The van der Waals surface area contributed by atoms with Gasteiger partial charge in [-0.25, -0.2) is 4.98 Å². The molecule has 3 N–H and O–H groups in total. The maximum atomic E-state index is 13.3. The highest BCUT2D eigenvalue weighted by Gasteiger charge is 2.35. The summed E-state index contributed by atoms with van der Waals surface area (Å²) in [6, 6.07) is 8.72. The standard InChI is InChI=1S/C28H36N6O5Si/c1-18-5-8-23(33(16-18)28(38)27(37)31-20-13-19(26(29)36)14-30-15-20)21-6-9-24-22(32-21)7-10-25(35)34(24)17-39-11-12-40(2,3)4/h6-7,9-10,13-15,18,23H,5,8,11-12,16-17H2,1-4H3,(H2,29,36)(H,31,37).